The molecule has 1 aromatic carbocycles. The first kappa shape index (κ1) is 12.7. The highest BCUT2D eigenvalue weighted by molar-refractivity contribution is 5.28. The molecule has 0 fully saturated rings. The number of hydrogen-bond donors (Lipinski definition) is 1. The lowest BCUT2D eigenvalue weighted by Gasteiger charge is -2.09. The van der Waals surface area contributed by atoms with Crippen molar-refractivity contribution < 1.29 is 42.9 Å². The Hall–Kier alpha value is -0.300. The summed E-state index contributed by atoms with van der Waals surface area (Å²) in [7, 11) is 0. The molecule has 0 heterocycles. The van der Waals surface area contributed by atoms with E-state index in [0.717, 1.165) is 6.07 Å². The average molecular weight is 303 g/mol. The number of alkyl halides is 3. The maximum Gasteiger partial charge on any atom is 0.416 e. The molecule has 0 aromatic heterocycles. The van der Waals surface area contributed by atoms with Crippen LogP contribution in [0, 0.1) is 0 Å². The smallest absolute Gasteiger partial charge is 0.416 e. The molecule has 0 saturated carbocycles. The van der Waals surface area contributed by atoms with Gasteiger partial charge in [-0.3, -0.25) is 0 Å². The zero-order valence-electron chi connectivity index (χ0n) is 6.74. The van der Waals surface area contributed by atoms with E-state index in [4.69, 9.17) is 0 Å². The maximum atomic E-state index is 12.2. The molecular formula is C8H9F3IN. The standard InChI is InChI=1S/C8H8F3N.HI/c9-8(10,11)7-4-2-1-3-6(7)5-12;/h1-4H,5,12H2;1H. The Labute approximate surface area is 91.1 Å². The summed E-state index contributed by atoms with van der Waals surface area (Å²) in [5.74, 6) is 0. The summed E-state index contributed by atoms with van der Waals surface area (Å²) in [6.45, 7) is 0.162. The van der Waals surface area contributed by atoms with Crippen molar-refractivity contribution in [1.82, 2.24) is 0 Å². The first-order valence-corrected chi connectivity index (χ1v) is 3.50. The molecule has 0 amide bonds. The van der Waals surface area contributed by atoms with Gasteiger partial charge in [0.05, 0.1) is 5.56 Å². The second-order valence-electron chi connectivity index (χ2n) is 2.40. The minimum atomic E-state index is -4.26. The summed E-state index contributed by atoms with van der Waals surface area (Å²) in [6.07, 6.45) is -4.26. The summed E-state index contributed by atoms with van der Waals surface area (Å²) in [4.78, 5) is 0. The van der Waals surface area contributed by atoms with Crippen LogP contribution in [0.15, 0.2) is 24.3 Å². The second-order valence-corrected chi connectivity index (χ2v) is 2.40. The summed E-state index contributed by atoms with van der Waals surface area (Å²) < 4.78 is 36.6. The fourth-order valence-corrected chi connectivity index (χ4v) is 1.01. The van der Waals surface area contributed by atoms with Gasteiger partial charge in [0.15, 0.2) is 0 Å². The molecule has 0 aliphatic carbocycles. The van der Waals surface area contributed by atoms with Gasteiger partial charge in [-0.1, -0.05) is 18.2 Å². The van der Waals surface area contributed by atoms with E-state index in [1.54, 1.807) is 6.07 Å². The van der Waals surface area contributed by atoms with E-state index in [9.17, 15) is 13.2 Å². The van der Waals surface area contributed by atoms with Gasteiger partial charge in [-0.05, 0) is 6.07 Å². The molecule has 0 radical (unpaired) electrons. The number of halogens is 4. The van der Waals surface area contributed by atoms with Gasteiger partial charge in [-0.15, -0.1) is 0 Å². The van der Waals surface area contributed by atoms with Crippen LogP contribution >= 0.6 is 0 Å². The first-order valence-electron chi connectivity index (χ1n) is 3.50. The Morgan fingerprint density at radius 3 is 2.08 bits per heavy atom. The minimum absolute atomic E-state index is 0. The largest absolute Gasteiger partial charge is 1.00 e. The van der Waals surface area contributed by atoms with Crippen LogP contribution in [0.25, 0.3) is 0 Å². The van der Waals surface area contributed by atoms with Crippen molar-refractivity contribution in [2.75, 3.05) is 0 Å². The van der Waals surface area contributed by atoms with Gasteiger partial charge in [0, 0.05) is 5.56 Å². The maximum absolute atomic E-state index is 12.2. The molecule has 0 unspecified atom stereocenters. The summed E-state index contributed by atoms with van der Waals surface area (Å²) in [5.41, 5.74) is 3.09. The number of rotatable bonds is 1. The monoisotopic (exact) mass is 303 g/mol. The molecule has 1 aromatic rings. The molecule has 0 saturated heterocycles. The highest BCUT2D eigenvalue weighted by Crippen LogP contribution is 2.31. The van der Waals surface area contributed by atoms with Gasteiger partial charge in [-0.25, -0.2) is 0 Å². The fraction of sp³-hybridized carbons (Fsp3) is 0.250. The Morgan fingerprint density at radius 1 is 1.15 bits per heavy atom. The van der Waals surface area contributed by atoms with Crippen molar-refractivity contribution in [1.29, 1.82) is 0 Å². The Morgan fingerprint density at radius 2 is 1.69 bits per heavy atom. The highest BCUT2D eigenvalue weighted by Gasteiger charge is 2.32. The number of hydrogen-bond acceptors (Lipinski definition) is 0. The molecule has 0 aliphatic heterocycles. The third kappa shape index (κ3) is 3.15. The third-order valence-electron chi connectivity index (χ3n) is 1.59. The van der Waals surface area contributed by atoms with Crippen LogP contribution in [-0.4, -0.2) is 0 Å². The van der Waals surface area contributed by atoms with Crippen molar-refractivity contribution in [2.24, 2.45) is 0 Å². The molecule has 5 heteroatoms. The lowest BCUT2D eigenvalue weighted by Crippen LogP contribution is -3.00. The van der Waals surface area contributed by atoms with E-state index in [-0.39, 0.29) is 36.1 Å². The van der Waals surface area contributed by atoms with Gasteiger partial charge in [0.25, 0.3) is 0 Å². The molecule has 0 atom stereocenters. The van der Waals surface area contributed by atoms with Crippen LogP contribution in [-0.2, 0) is 12.7 Å². The lowest BCUT2D eigenvalue weighted by atomic mass is 10.1. The van der Waals surface area contributed by atoms with Crippen LogP contribution in [0.2, 0.25) is 0 Å². The Bertz CT molecular complexity index is 272. The number of benzene rings is 1. The van der Waals surface area contributed by atoms with Crippen molar-refractivity contribution in [3.8, 4) is 0 Å². The predicted molar refractivity (Wildman–Crippen MR) is 38.0 cm³/mol. The molecule has 0 bridgehead atoms. The summed E-state index contributed by atoms with van der Waals surface area (Å²) in [5, 5.41) is 0. The highest BCUT2D eigenvalue weighted by atomic mass is 127. The molecule has 1 rings (SSSR count). The van der Waals surface area contributed by atoms with E-state index in [0.29, 0.717) is 0 Å². The van der Waals surface area contributed by atoms with Crippen LogP contribution in [0.3, 0.4) is 0 Å². The fourth-order valence-electron chi connectivity index (χ4n) is 1.01. The molecule has 13 heavy (non-hydrogen) atoms. The summed E-state index contributed by atoms with van der Waals surface area (Å²) >= 11 is 0. The van der Waals surface area contributed by atoms with E-state index < -0.39 is 11.7 Å². The van der Waals surface area contributed by atoms with Crippen LogP contribution < -0.4 is 29.7 Å². The number of quaternary nitrogens is 1. The van der Waals surface area contributed by atoms with Crippen molar-refractivity contribution in [3.05, 3.63) is 35.4 Å². The summed E-state index contributed by atoms with van der Waals surface area (Å²) in [6, 6.07) is 5.47. The van der Waals surface area contributed by atoms with Crippen molar-refractivity contribution in [3.63, 3.8) is 0 Å². The first-order chi connectivity index (χ1) is 5.55. The zero-order valence-corrected chi connectivity index (χ0v) is 8.89. The Balaban J connectivity index is 0.00000144. The van der Waals surface area contributed by atoms with Crippen LogP contribution in [0.4, 0.5) is 13.2 Å². The second kappa shape index (κ2) is 4.80. The van der Waals surface area contributed by atoms with Crippen LogP contribution in [0.1, 0.15) is 11.1 Å². The van der Waals surface area contributed by atoms with Crippen LogP contribution in [0.5, 0.6) is 0 Å². The molecular weight excluding hydrogens is 294 g/mol. The van der Waals surface area contributed by atoms with E-state index >= 15 is 0 Å². The topological polar surface area (TPSA) is 27.6 Å². The van der Waals surface area contributed by atoms with Gasteiger partial charge >= 0.3 is 6.18 Å². The minimum Gasteiger partial charge on any atom is -1.00 e. The predicted octanol–water partition coefficient (Wildman–Crippen LogP) is -1.55. The molecule has 74 valence electrons. The van der Waals surface area contributed by atoms with Gasteiger partial charge < -0.3 is 29.7 Å². The van der Waals surface area contributed by atoms with Crippen molar-refractivity contribution in [2.45, 2.75) is 12.7 Å². The Kier molecular flexibility index (Phi) is 4.69. The normalized spacial score (nSPS) is 10.8. The lowest BCUT2D eigenvalue weighted by molar-refractivity contribution is -0.387. The van der Waals surface area contributed by atoms with E-state index in [1.807, 2.05) is 0 Å². The van der Waals surface area contributed by atoms with E-state index in [1.165, 1.54) is 12.1 Å². The molecule has 3 N–H and O–H groups in total. The van der Waals surface area contributed by atoms with Gasteiger partial charge in [0.2, 0.25) is 0 Å². The quantitative estimate of drug-likeness (QED) is 0.609. The van der Waals surface area contributed by atoms with Gasteiger partial charge in [-0.2, -0.15) is 13.2 Å². The van der Waals surface area contributed by atoms with Crippen molar-refractivity contribution >= 4 is 0 Å². The SMILES string of the molecule is [I-].[NH3+]Cc1ccccc1C(F)(F)F. The molecule has 1 nitrogen and oxygen atoms in total. The molecule has 0 aliphatic rings. The zero-order chi connectivity index (χ0) is 9.19. The molecule has 0 spiro atoms. The average Bonchev–Trinajstić information content (AvgIpc) is 2.03. The third-order valence-corrected chi connectivity index (χ3v) is 1.59. The van der Waals surface area contributed by atoms with Gasteiger partial charge in [0.1, 0.15) is 6.54 Å². The van der Waals surface area contributed by atoms with E-state index in [2.05, 4.69) is 5.73 Å².